The minimum Gasteiger partial charge on any atom is -0.494 e. The van der Waals surface area contributed by atoms with Crippen LogP contribution in [-0.2, 0) is 14.8 Å². The van der Waals surface area contributed by atoms with E-state index in [2.05, 4.69) is 17.5 Å². The number of benzene rings is 3. The summed E-state index contributed by atoms with van der Waals surface area (Å²) in [5, 5.41) is 3.99. The molecule has 3 rings (SSSR count). The first-order valence-corrected chi connectivity index (χ1v) is 13.2. The van der Waals surface area contributed by atoms with Crippen LogP contribution in [0.4, 0.5) is 5.69 Å². The number of hydrogen-bond donors (Lipinski definition) is 1. The molecule has 0 aliphatic heterocycles. The van der Waals surface area contributed by atoms with Crippen LogP contribution in [0, 0.1) is 0 Å². The number of carbonyl (C=O) groups excluding carboxylic acids is 1. The van der Waals surface area contributed by atoms with Gasteiger partial charge in [0.2, 0.25) is 0 Å². The molecule has 0 fully saturated rings. The van der Waals surface area contributed by atoms with Gasteiger partial charge >= 0.3 is 0 Å². The number of para-hydroxylation sites is 2. The topological polar surface area (TPSA) is 97.3 Å². The van der Waals surface area contributed by atoms with Gasteiger partial charge in [-0.15, -0.1) is 0 Å². The van der Waals surface area contributed by atoms with Crippen LogP contribution in [0.25, 0.3) is 0 Å². The van der Waals surface area contributed by atoms with Gasteiger partial charge in [-0.2, -0.15) is 5.10 Å². The second-order valence-corrected chi connectivity index (χ2v) is 9.65. The highest BCUT2D eigenvalue weighted by Gasteiger charge is 2.29. The lowest BCUT2D eigenvalue weighted by Crippen LogP contribution is -2.39. The Morgan fingerprint density at radius 2 is 1.64 bits per heavy atom. The Morgan fingerprint density at radius 3 is 2.33 bits per heavy atom. The molecule has 3 aromatic rings. The predicted octanol–water partition coefficient (Wildman–Crippen LogP) is 4.61. The van der Waals surface area contributed by atoms with Gasteiger partial charge in [0, 0.05) is 0 Å². The molecule has 190 valence electrons. The average Bonchev–Trinajstić information content (AvgIpc) is 2.89. The van der Waals surface area contributed by atoms with Gasteiger partial charge in [-0.1, -0.05) is 43.7 Å². The summed E-state index contributed by atoms with van der Waals surface area (Å²) in [6.45, 7) is 4.43. The van der Waals surface area contributed by atoms with E-state index >= 15 is 0 Å². The quantitative estimate of drug-likeness (QED) is 0.206. The van der Waals surface area contributed by atoms with Crippen LogP contribution < -0.4 is 19.2 Å². The van der Waals surface area contributed by atoms with Crippen molar-refractivity contribution >= 4 is 27.8 Å². The van der Waals surface area contributed by atoms with Gasteiger partial charge in [0.15, 0.2) is 0 Å². The van der Waals surface area contributed by atoms with Crippen molar-refractivity contribution in [3.8, 4) is 11.5 Å². The Labute approximate surface area is 212 Å². The van der Waals surface area contributed by atoms with E-state index in [9.17, 15) is 13.2 Å². The lowest BCUT2D eigenvalue weighted by molar-refractivity contribution is -0.119. The van der Waals surface area contributed by atoms with E-state index < -0.39 is 22.5 Å². The van der Waals surface area contributed by atoms with Crippen LogP contribution in [-0.4, -0.2) is 40.3 Å². The van der Waals surface area contributed by atoms with Gasteiger partial charge in [0.1, 0.15) is 18.0 Å². The third kappa shape index (κ3) is 7.32. The van der Waals surface area contributed by atoms with Crippen molar-refractivity contribution in [2.45, 2.75) is 31.6 Å². The van der Waals surface area contributed by atoms with Crippen LogP contribution in [0.15, 0.2) is 88.9 Å². The van der Waals surface area contributed by atoms with Crippen molar-refractivity contribution in [3.05, 3.63) is 84.4 Å². The summed E-state index contributed by atoms with van der Waals surface area (Å²) in [7, 11) is -4.06. The summed E-state index contributed by atoms with van der Waals surface area (Å²) in [6.07, 6.45) is 3.53. The van der Waals surface area contributed by atoms with Crippen molar-refractivity contribution < 1.29 is 22.7 Å². The molecule has 0 bridgehead atoms. The van der Waals surface area contributed by atoms with E-state index in [0.29, 0.717) is 19.0 Å². The lowest BCUT2D eigenvalue weighted by Gasteiger charge is -2.25. The van der Waals surface area contributed by atoms with E-state index in [1.165, 1.54) is 18.3 Å². The molecular weight excluding hydrogens is 478 g/mol. The highest BCUT2D eigenvalue weighted by Crippen LogP contribution is 2.32. The van der Waals surface area contributed by atoms with Crippen LogP contribution >= 0.6 is 0 Å². The molecule has 0 spiro atoms. The van der Waals surface area contributed by atoms with Gasteiger partial charge in [0.25, 0.3) is 15.9 Å². The molecule has 1 N–H and O–H groups in total. The monoisotopic (exact) mass is 509 g/mol. The second kappa shape index (κ2) is 13.3. The summed E-state index contributed by atoms with van der Waals surface area (Å²) in [4.78, 5) is 12.8. The Hall–Kier alpha value is -3.85. The molecular formula is C27H31N3O5S. The molecule has 0 aliphatic rings. The highest BCUT2D eigenvalue weighted by atomic mass is 32.2. The van der Waals surface area contributed by atoms with Crippen molar-refractivity contribution in [2.75, 3.05) is 24.1 Å². The molecule has 36 heavy (non-hydrogen) atoms. The van der Waals surface area contributed by atoms with Crippen LogP contribution in [0.1, 0.15) is 32.3 Å². The maximum absolute atomic E-state index is 13.5. The molecule has 0 saturated heterocycles. The number of nitrogens with one attached hydrogen (secondary N) is 1. The maximum Gasteiger partial charge on any atom is 0.264 e. The Kier molecular flexibility index (Phi) is 9.88. The Bertz CT molecular complexity index is 1250. The summed E-state index contributed by atoms with van der Waals surface area (Å²) in [6, 6.07) is 22.0. The van der Waals surface area contributed by atoms with E-state index in [0.717, 1.165) is 28.5 Å². The number of rotatable bonds is 13. The maximum atomic E-state index is 13.5. The number of ether oxygens (including phenoxy) is 2. The molecule has 0 aromatic heterocycles. The van der Waals surface area contributed by atoms with Gasteiger partial charge in [-0.3, -0.25) is 9.10 Å². The molecule has 0 radical (unpaired) electrons. The molecule has 3 aromatic carbocycles. The number of nitrogens with zero attached hydrogens (tertiary/aromatic N) is 2. The van der Waals surface area contributed by atoms with Crippen LogP contribution in [0.2, 0.25) is 0 Å². The predicted molar refractivity (Wildman–Crippen MR) is 141 cm³/mol. The smallest absolute Gasteiger partial charge is 0.264 e. The molecule has 1 amide bonds. The number of hydrogen-bond acceptors (Lipinski definition) is 6. The number of amides is 1. The molecule has 0 saturated carbocycles. The minimum absolute atomic E-state index is 0.0637. The van der Waals surface area contributed by atoms with E-state index in [1.807, 2.05) is 24.3 Å². The third-order valence-corrected chi connectivity index (χ3v) is 6.88. The molecule has 0 heterocycles. The fourth-order valence-electron chi connectivity index (χ4n) is 3.29. The number of sulfonamides is 1. The standard InChI is InChI=1S/C27H31N3O5S/c1-3-5-19-35-23-17-15-22(16-18-23)20-28-29-27(31)21-30(25-13-9-10-14-26(25)34-4-2)36(32,33)24-11-7-6-8-12-24/h6-18,20H,3-5,19,21H2,1-2H3,(H,29,31)/b28-20+. The summed E-state index contributed by atoms with van der Waals surface area (Å²) >= 11 is 0. The van der Waals surface area contributed by atoms with E-state index in [4.69, 9.17) is 9.47 Å². The zero-order valence-electron chi connectivity index (χ0n) is 20.5. The number of unbranched alkanes of at least 4 members (excludes halogenated alkanes) is 1. The molecule has 9 heteroatoms. The van der Waals surface area contributed by atoms with Crippen molar-refractivity contribution in [1.29, 1.82) is 0 Å². The molecule has 0 aliphatic carbocycles. The van der Waals surface area contributed by atoms with Gasteiger partial charge in [-0.05, 0) is 67.4 Å². The van der Waals surface area contributed by atoms with Crippen molar-refractivity contribution in [1.82, 2.24) is 5.43 Å². The van der Waals surface area contributed by atoms with E-state index in [-0.39, 0.29) is 10.6 Å². The normalized spacial score (nSPS) is 11.3. The van der Waals surface area contributed by atoms with Gasteiger partial charge < -0.3 is 9.47 Å². The van der Waals surface area contributed by atoms with Gasteiger partial charge in [-0.25, -0.2) is 13.8 Å². The highest BCUT2D eigenvalue weighted by molar-refractivity contribution is 7.92. The lowest BCUT2D eigenvalue weighted by atomic mass is 10.2. The molecule has 8 nitrogen and oxygen atoms in total. The third-order valence-electron chi connectivity index (χ3n) is 5.10. The summed E-state index contributed by atoms with van der Waals surface area (Å²) < 4.78 is 39.3. The minimum atomic E-state index is -4.06. The van der Waals surface area contributed by atoms with Gasteiger partial charge in [0.05, 0.1) is 30.0 Å². The largest absolute Gasteiger partial charge is 0.494 e. The van der Waals surface area contributed by atoms with Crippen LogP contribution in [0.5, 0.6) is 11.5 Å². The van der Waals surface area contributed by atoms with E-state index in [1.54, 1.807) is 49.4 Å². The Balaban J connectivity index is 1.75. The second-order valence-electron chi connectivity index (χ2n) is 7.79. The Morgan fingerprint density at radius 1 is 0.944 bits per heavy atom. The number of carbonyl (C=O) groups is 1. The SMILES string of the molecule is CCCCOc1ccc(/C=N/NC(=O)CN(c2ccccc2OCC)S(=O)(=O)c2ccccc2)cc1. The average molecular weight is 510 g/mol. The fourth-order valence-corrected chi connectivity index (χ4v) is 4.74. The van der Waals surface area contributed by atoms with Crippen molar-refractivity contribution in [3.63, 3.8) is 0 Å². The first-order chi connectivity index (χ1) is 17.5. The van der Waals surface area contributed by atoms with Crippen molar-refractivity contribution in [2.24, 2.45) is 5.10 Å². The first-order valence-electron chi connectivity index (χ1n) is 11.8. The zero-order chi connectivity index (χ0) is 25.8. The summed E-state index contributed by atoms with van der Waals surface area (Å²) in [5.74, 6) is 0.521. The zero-order valence-corrected chi connectivity index (χ0v) is 21.3. The number of hydrazone groups is 1. The number of anilines is 1. The summed E-state index contributed by atoms with van der Waals surface area (Å²) in [5.41, 5.74) is 3.44. The molecule has 0 atom stereocenters. The fraction of sp³-hybridized carbons (Fsp3) is 0.259. The van der Waals surface area contributed by atoms with Crippen LogP contribution in [0.3, 0.4) is 0 Å². The molecule has 0 unspecified atom stereocenters. The first kappa shape index (κ1) is 26.7.